The summed E-state index contributed by atoms with van der Waals surface area (Å²) < 4.78 is 7.98. The Kier molecular flexibility index (Phi) is 7.21. The van der Waals surface area contributed by atoms with Crippen molar-refractivity contribution in [2.75, 3.05) is 6.61 Å². The minimum atomic E-state index is -0.582. The molecule has 4 nitrogen and oxygen atoms in total. The van der Waals surface area contributed by atoms with Gasteiger partial charge in [0.15, 0.2) is 0 Å². The number of aromatic nitrogens is 2. The van der Waals surface area contributed by atoms with Crippen LogP contribution in [0.2, 0.25) is 0 Å². The summed E-state index contributed by atoms with van der Waals surface area (Å²) in [4.78, 5) is 4.72. The van der Waals surface area contributed by atoms with Gasteiger partial charge >= 0.3 is 0 Å². The van der Waals surface area contributed by atoms with Crippen LogP contribution < -0.4 is 0 Å². The van der Waals surface area contributed by atoms with Gasteiger partial charge in [-0.1, -0.05) is 56.3 Å². The van der Waals surface area contributed by atoms with Crippen molar-refractivity contribution >= 4 is 23.4 Å². The highest BCUT2D eigenvalue weighted by Gasteiger charge is 2.17. The molecule has 3 rings (SSSR count). The molecule has 0 aliphatic carbocycles. The molecule has 1 heterocycles. The van der Waals surface area contributed by atoms with Gasteiger partial charge in [-0.2, -0.15) is 0 Å². The third-order valence-electron chi connectivity index (χ3n) is 4.40. The van der Waals surface area contributed by atoms with E-state index >= 15 is 0 Å². The SMILES string of the molecule is CC(C)c1nc2ccccc2n1CC(O)COC(C)c1ccccc1.Cl. The largest absolute Gasteiger partial charge is 0.389 e. The summed E-state index contributed by atoms with van der Waals surface area (Å²) in [5.41, 5.74) is 3.14. The lowest BCUT2D eigenvalue weighted by Gasteiger charge is -2.19. The highest BCUT2D eigenvalue weighted by atomic mass is 35.5. The van der Waals surface area contributed by atoms with Crippen molar-refractivity contribution < 1.29 is 9.84 Å². The molecule has 3 aromatic rings. The number of hydrogen-bond acceptors (Lipinski definition) is 3. The summed E-state index contributed by atoms with van der Waals surface area (Å²) >= 11 is 0. The maximum absolute atomic E-state index is 10.5. The van der Waals surface area contributed by atoms with Gasteiger partial charge in [0, 0.05) is 5.92 Å². The molecule has 0 aliphatic heterocycles. The monoisotopic (exact) mass is 374 g/mol. The topological polar surface area (TPSA) is 47.3 Å². The van der Waals surface area contributed by atoms with E-state index in [2.05, 4.69) is 18.4 Å². The highest BCUT2D eigenvalue weighted by Crippen LogP contribution is 2.22. The second kappa shape index (κ2) is 9.17. The molecule has 2 unspecified atom stereocenters. The van der Waals surface area contributed by atoms with Gasteiger partial charge in [-0.15, -0.1) is 12.4 Å². The van der Waals surface area contributed by atoms with Crippen LogP contribution in [0.5, 0.6) is 0 Å². The number of hydrogen-bond donors (Lipinski definition) is 1. The lowest BCUT2D eigenvalue weighted by Crippen LogP contribution is -2.24. The van der Waals surface area contributed by atoms with Crippen molar-refractivity contribution in [1.82, 2.24) is 9.55 Å². The molecule has 140 valence electrons. The van der Waals surface area contributed by atoms with Crippen LogP contribution in [0, 0.1) is 0 Å². The van der Waals surface area contributed by atoms with E-state index in [1.807, 2.05) is 61.5 Å². The molecular weight excluding hydrogens is 348 g/mol. The summed E-state index contributed by atoms with van der Waals surface area (Å²) in [7, 11) is 0. The van der Waals surface area contributed by atoms with Crippen LogP contribution in [0.15, 0.2) is 54.6 Å². The van der Waals surface area contributed by atoms with E-state index in [1.165, 1.54) is 0 Å². The van der Waals surface area contributed by atoms with Gasteiger partial charge in [-0.25, -0.2) is 4.98 Å². The van der Waals surface area contributed by atoms with E-state index in [0.29, 0.717) is 19.1 Å². The van der Waals surface area contributed by atoms with Crippen LogP contribution in [0.4, 0.5) is 0 Å². The number of aliphatic hydroxyl groups excluding tert-OH is 1. The average molecular weight is 375 g/mol. The van der Waals surface area contributed by atoms with Crippen LogP contribution >= 0.6 is 12.4 Å². The zero-order valence-electron chi connectivity index (χ0n) is 15.5. The fraction of sp³-hybridized carbons (Fsp3) is 0.381. The third-order valence-corrected chi connectivity index (χ3v) is 4.40. The molecule has 26 heavy (non-hydrogen) atoms. The molecule has 0 aliphatic rings. The molecule has 0 saturated carbocycles. The molecule has 0 amide bonds. The van der Waals surface area contributed by atoms with E-state index in [9.17, 15) is 5.11 Å². The first-order valence-electron chi connectivity index (χ1n) is 8.86. The fourth-order valence-corrected chi connectivity index (χ4v) is 3.07. The Bertz CT molecular complexity index is 817. The molecule has 0 bridgehead atoms. The van der Waals surface area contributed by atoms with E-state index in [-0.39, 0.29) is 18.5 Å². The van der Waals surface area contributed by atoms with Crippen LogP contribution in [0.25, 0.3) is 11.0 Å². The number of halogens is 1. The number of rotatable bonds is 7. The Morgan fingerprint density at radius 2 is 1.65 bits per heavy atom. The number of nitrogens with zero attached hydrogens (tertiary/aromatic N) is 2. The molecule has 0 spiro atoms. The number of para-hydroxylation sites is 2. The van der Waals surface area contributed by atoms with Crippen molar-refractivity contribution in [2.24, 2.45) is 0 Å². The van der Waals surface area contributed by atoms with Gasteiger partial charge in [0.25, 0.3) is 0 Å². The van der Waals surface area contributed by atoms with Crippen molar-refractivity contribution in [3.8, 4) is 0 Å². The van der Waals surface area contributed by atoms with Crippen molar-refractivity contribution in [3.63, 3.8) is 0 Å². The molecule has 2 aromatic carbocycles. The van der Waals surface area contributed by atoms with Gasteiger partial charge in [-0.05, 0) is 24.6 Å². The molecule has 1 aromatic heterocycles. The average Bonchev–Trinajstić information content (AvgIpc) is 2.99. The highest BCUT2D eigenvalue weighted by molar-refractivity contribution is 5.85. The first-order valence-corrected chi connectivity index (χ1v) is 8.86. The van der Waals surface area contributed by atoms with E-state index in [0.717, 1.165) is 22.4 Å². The zero-order chi connectivity index (χ0) is 17.8. The molecule has 0 radical (unpaired) electrons. The smallest absolute Gasteiger partial charge is 0.112 e. The number of fused-ring (bicyclic) bond motifs is 1. The molecule has 2 atom stereocenters. The molecule has 1 N–H and O–H groups in total. The van der Waals surface area contributed by atoms with Crippen LogP contribution in [0.3, 0.4) is 0 Å². The fourth-order valence-electron chi connectivity index (χ4n) is 3.07. The van der Waals surface area contributed by atoms with Gasteiger partial charge in [0.2, 0.25) is 0 Å². The zero-order valence-corrected chi connectivity index (χ0v) is 16.3. The standard InChI is InChI=1S/C21H26N2O2.ClH/c1-15(2)21-22-19-11-7-8-12-20(19)23(21)13-18(24)14-25-16(3)17-9-5-4-6-10-17;/h4-12,15-16,18,24H,13-14H2,1-3H3;1H. The quantitative estimate of drug-likeness (QED) is 0.650. The van der Waals surface area contributed by atoms with E-state index in [4.69, 9.17) is 9.72 Å². The second-order valence-corrected chi connectivity index (χ2v) is 6.76. The van der Waals surface area contributed by atoms with Crippen LogP contribution in [-0.4, -0.2) is 27.4 Å². The normalized spacial score (nSPS) is 13.6. The van der Waals surface area contributed by atoms with Gasteiger partial charge in [0.05, 0.1) is 36.4 Å². The Labute approximate surface area is 161 Å². The van der Waals surface area contributed by atoms with E-state index in [1.54, 1.807) is 0 Å². The molecule has 5 heteroatoms. The summed E-state index contributed by atoms with van der Waals surface area (Å²) in [5.74, 6) is 1.29. The van der Waals surface area contributed by atoms with Crippen LogP contribution in [-0.2, 0) is 11.3 Å². The van der Waals surface area contributed by atoms with Gasteiger partial charge < -0.3 is 14.4 Å². The lowest BCUT2D eigenvalue weighted by molar-refractivity contribution is -0.00864. The van der Waals surface area contributed by atoms with Gasteiger partial charge in [0.1, 0.15) is 5.82 Å². The van der Waals surface area contributed by atoms with Crippen molar-refractivity contribution in [1.29, 1.82) is 0 Å². The second-order valence-electron chi connectivity index (χ2n) is 6.76. The predicted octanol–water partition coefficient (Wildman–Crippen LogP) is 4.72. The number of benzene rings is 2. The first kappa shape index (κ1) is 20.4. The minimum Gasteiger partial charge on any atom is -0.389 e. The Morgan fingerprint density at radius 1 is 1.00 bits per heavy atom. The Morgan fingerprint density at radius 3 is 2.35 bits per heavy atom. The third kappa shape index (κ3) is 4.64. The lowest BCUT2D eigenvalue weighted by atomic mass is 10.1. The molecule has 0 fully saturated rings. The summed E-state index contributed by atoms with van der Waals surface area (Å²) in [5, 5.41) is 10.5. The minimum absolute atomic E-state index is 0. The Hall–Kier alpha value is -1.88. The maximum atomic E-state index is 10.5. The summed E-state index contributed by atoms with van der Waals surface area (Å²) in [6.45, 7) is 7.03. The number of imidazole rings is 1. The van der Waals surface area contributed by atoms with Crippen molar-refractivity contribution in [3.05, 3.63) is 66.0 Å². The molecule has 0 saturated heterocycles. The van der Waals surface area contributed by atoms with Crippen LogP contribution in [0.1, 0.15) is 44.2 Å². The number of ether oxygens (including phenoxy) is 1. The van der Waals surface area contributed by atoms with Gasteiger partial charge in [-0.3, -0.25) is 0 Å². The van der Waals surface area contributed by atoms with E-state index < -0.39 is 6.10 Å². The van der Waals surface area contributed by atoms with Crippen molar-refractivity contribution in [2.45, 2.75) is 45.4 Å². The summed E-state index contributed by atoms with van der Waals surface area (Å²) in [6, 6.07) is 18.1. The molecular formula is C21H27ClN2O2. The maximum Gasteiger partial charge on any atom is 0.112 e. The first-order chi connectivity index (χ1) is 12.1. The Balaban J connectivity index is 0.00000243. The number of aliphatic hydroxyl groups is 1. The predicted molar refractivity (Wildman–Crippen MR) is 108 cm³/mol. The summed E-state index contributed by atoms with van der Waals surface area (Å²) in [6.07, 6.45) is -0.624.